The first kappa shape index (κ1) is 26.2. The minimum atomic E-state index is -3.36. The van der Waals surface area contributed by atoms with Gasteiger partial charge in [0, 0.05) is 45.0 Å². The van der Waals surface area contributed by atoms with Crippen LogP contribution < -0.4 is 15.0 Å². The Hall–Kier alpha value is -2.01. The molecule has 0 spiro atoms. The van der Waals surface area contributed by atoms with E-state index in [0.29, 0.717) is 11.3 Å². The second kappa shape index (κ2) is 12.3. The van der Waals surface area contributed by atoms with Gasteiger partial charge in [-0.05, 0) is 42.8 Å². The van der Waals surface area contributed by atoms with E-state index < -0.39 is 9.84 Å². The van der Waals surface area contributed by atoms with E-state index in [-0.39, 0.29) is 35.8 Å². The molecule has 2 aromatic carbocycles. The van der Waals surface area contributed by atoms with Gasteiger partial charge in [0.15, 0.2) is 15.8 Å². The largest absolute Gasteiger partial charge is 0.497 e. The molecule has 1 N–H and O–H groups in total. The number of nitrogens with zero attached hydrogens (tertiary/aromatic N) is 3. The molecule has 0 amide bonds. The summed E-state index contributed by atoms with van der Waals surface area (Å²) in [7, 11) is 0.0531. The number of piperazine rings is 1. The monoisotopic (exact) mass is 572 g/mol. The van der Waals surface area contributed by atoms with Gasteiger partial charge in [-0.15, -0.1) is 24.0 Å². The summed E-state index contributed by atoms with van der Waals surface area (Å²) in [6, 6.07) is 16.5. The molecule has 1 unspecified atom stereocenters. The molecule has 3 rings (SSSR count). The lowest BCUT2D eigenvalue weighted by molar-refractivity contribution is 0.367. The quantitative estimate of drug-likeness (QED) is 0.312. The average Bonchev–Trinajstić information content (AvgIpc) is 2.82. The number of methoxy groups -OCH3 is 1. The standard InChI is InChI=1S/C23H32N4O3S.HI/c1-4-19(18-31(28,29)22-8-6-5-7-9-22)25-23(24-2)27-16-14-26(15-17-27)20-10-12-21(30-3)13-11-20;/h5-13,19H,4,14-18H2,1-3H3,(H,24,25);1H. The topological polar surface area (TPSA) is 74.2 Å². The van der Waals surface area contributed by atoms with Crippen molar-refractivity contribution in [1.29, 1.82) is 0 Å². The van der Waals surface area contributed by atoms with Crippen molar-refractivity contribution in [2.45, 2.75) is 24.3 Å². The van der Waals surface area contributed by atoms with E-state index in [1.54, 1.807) is 38.4 Å². The van der Waals surface area contributed by atoms with Gasteiger partial charge in [0.25, 0.3) is 0 Å². The number of sulfone groups is 1. The van der Waals surface area contributed by atoms with Crippen LogP contribution >= 0.6 is 24.0 Å². The lowest BCUT2D eigenvalue weighted by Gasteiger charge is -2.38. The van der Waals surface area contributed by atoms with Gasteiger partial charge in [0.05, 0.1) is 17.8 Å². The van der Waals surface area contributed by atoms with Crippen molar-refractivity contribution < 1.29 is 13.2 Å². The Morgan fingerprint density at radius 2 is 1.69 bits per heavy atom. The number of hydrogen-bond acceptors (Lipinski definition) is 5. The van der Waals surface area contributed by atoms with E-state index in [1.165, 1.54) is 5.69 Å². The van der Waals surface area contributed by atoms with Gasteiger partial charge in [0.2, 0.25) is 0 Å². The molecule has 1 aliphatic heterocycles. The van der Waals surface area contributed by atoms with Gasteiger partial charge >= 0.3 is 0 Å². The van der Waals surface area contributed by atoms with Crippen molar-refractivity contribution in [1.82, 2.24) is 10.2 Å². The Morgan fingerprint density at radius 1 is 1.06 bits per heavy atom. The SMILES string of the molecule is CCC(CS(=O)(=O)c1ccccc1)NC(=NC)N1CCN(c2ccc(OC)cc2)CC1.I. The van der Waals surface area contributed by atoms with E-state index in [9.17, 15) is 8.42 Å². The van der Waals surface area contributed by atoms with Crippen molar-refractivity contribution in [2.24, 2.45) is 4.99 Å². The number of nitrogens with one attached hydrogen (secondary N) is 1. The minimum absolute atomic E-state index is 0. The molecular weight excluding hydrogens is 539 g/mol. The normalized spacial score (nSPS) is 15.7. The predicted molar refractivity (Wildman–Crippen MR) is 141 cm³/mol. The number of aliphatic imine (C=N–C) groups is 1. The molecule has 1 fully saturated rings. The Balaban J connectivity index is 0.00000363. The maximum Gasteiger partial charge on any atom is 0.194 e. The molecule has 1 aliphatic rings. The smallest absolute Gasteiger partial charge is 0.194 e. The number of guanidine groups is 1. The predicted octanol–water partition coefficient (Wildman–Crippen LogP) is 3.26. The summed E-state index contributed by atoms with van der Waals surface area (Å²) < 4.78 is 30.8. The van der Waals surface area contributed by atoms with Crippen LogP contribution in [0.3, 0.4) is 0 Å². The average molecular weight is 573 g/mol. The number of rotatable bonds is 7. The fourth-order valence-electron chi connectivity index (χ4n) is 3.70. The van der Waals surface area contributed by atoms with E-state index in [1.807, 2.05) is 25.1 Å². The number of halogens is 1. The summed E-state index contributed by atoms with van der Waals surface area (Å²) >= 11 is 0. The fraction of sp³-hybridized carbons (Fsp3) is 0.435. The Morgan fingerprint density at radius 3 is 2.22 bits per heavy atom. The van der Waals surface area contributed by atoms with Crippen molar-refractivity contribution in [2.75, 3.05) is 51.0 Å². The van der Waals surface area contributed by atoms with Gasteiger partial charge in [0.1, 0.15) is 5.75 Å². The molecule has 0 saturated carbocycles. The summed E-state index contributed by atoms with van der Waals surface area (Å²) in [5.41, 5.74) is 1.17. The minimum Gasteiger partial charge on any atom is -0.497 e. The first-order valence-electron chi connectivity index (χ1n) is 10.6. The van der Waals surface area contributed by atoms with Gasteiger partial charge in [-0.2, -0.15) is 0 Å². The van der Waals surface area contributed by atoms with Crippen LogP contribution in [0.1, 0.15) is 13.3 Å². The molecule has 1 saturated heterocycles. The lowest BCUT2D eigenvalue weighted by atomic mass is 10.2. The van der Waals surface area contributed by atoms with Gasteiger partial charge in [-0.25, -0.2) is 8.42 Å². The molecule has 0 aromatic heterocycles. The third kappa shape index (κ3) is 6.74. The zero-order valence-electron chi connectivity index (χ0n) is 18.9. The van der Waals surface area contributed by atoms with E-state index in [0.717, 1.165) is 37.9 Å². The fourth-order valence-corrected chi connectivity index (χ4v) is 5.31. The first-order chi connectivity index (χ1) is 15.0. The van der Waals surface area contributed by atoms with Crippen molar-refractivity contribution in [3.63, 3.8) is 0 Å². The molecular formula is C23H33IN4O3S. The summed E-state index contributed by atoms with van der Waals surface area (Å²) in [6.45, 7) is 5.35. The lowest BCUT2D eigenvalue weighted by Crippen LogP contribution is -2.55. The molecule has 0 aliphatic carbocycles. The van der Waals surface area contributed by atoms with Crippen LogP contribution in [0.2, 0.25) is 0 Å². The number of anilines is 1. The second-order valence-corrected chi connectivity index (χ2v) is 9.60. The molecule has 176 valence electrons. The summed E-state index contributed by atoms with van der Waals surface area (Å²) in [5.74, 6) is 1.64. The van der Waals surface area contributed by atoms with Crippen LogP contribution in [0.15, 0.2) is 64.5 Å². The maximum absolute atomic E-state index is 12.8. The third-order valence-electron chi connectivity index (χ3n) is 5.58. The number of hydrogen-bond donors (Lipinski definition) is 1. The summed E-state index contributed by atoms with van der Waals surface area (Å²) in [6.07, 6.45) is 0.691. The van der Waals surface area contributed by atoms with Gasteiger partial charge in [-0.1, -0.05) is 25.1 Å². The van der Waals surface area contributed by atoms with Crippen LogP contribution in [-0.4, -0.2) is 71.4 Å². The van der Waals surface area contributed by atoms with E-state index in [2.05, 4.69) is 32.2 Å². The van der Waals surface area contributed by atoms with E-state index in [4.69, 9.17) is 4.74 Å². The highest BCUT2D eigenvalue weighted by Crippen LogP contribution is 2.20. The third-order valence-corrected chi connectivity index (χ3v) is 7.41. The summed E-state index contributed by atoms with van der Waals surface area (Å²) in [5, 5.41) is 3.38. The molecule has 1 atom stereocenters. The number of ether oxygens (including phenoxy) is 1. The maximum atomic E-state index is 12.8. The van der Waals surface area contributed by atoms with Crippen LogP contribution in [0, 0.1) is 0 Å². The highest BCUT2D eigenvalue weighted by atomic mass is 127. The van der Waals surface area contributed by atoms with Gasteiger partial charge in [-0.3, -0.25) is 4.99 Å². The molecule has 2 aromatic rings. The molecule has 9 heteroatoms. The Kier molecular flexibility index (Phi) is 10.1. The first-order valence-corrected chi connectivity index (χ1v) is 12.3. The highest BCUT2D eigenvalue weighted by Gasteiger charge is 2.24. The van der Waals surface area contributed by atoms with Crippen molar-refractivity contribution in [3.8, 4) is 5.75 Å². The molecule has 32 heavy (non-hydrogen) atoms. The Bertz CT molecular complexity index is 960. The molecule has 1 heterocycles. The zero-order valence-corrected chi connectivity index (χ0v) is 22.0. The van der Waals surface area contributed by atoms with Gasteiger partial charge < -0.3 is 19.9 Å². The van der Waals surface area contributed by atoms with Crippen LogP contribution in [0.5, 0.6) is 5.75 Å². The molecule has 0 radical (unpaired) electrons. The molecule has 0 bridgehead atoms. The van der Waals surface area contributed by atoms with Crippen molar-refractivity contribution in [3.05, 3.63) is 54.6 Å². The summed E-state index contributed by atoms with van der Waals surface area (Å²) in [4.78, 5) is 9.31. The number of benzene rings is 2. The van der Waals surface area contributed by atoms with Crippen molar-refractivity contribution >= 4 is 45.5 Å². The van der Waals surface area contributed by atoms with Crippen LogP contribution in [0.25, 0.3) is 0 Å². The van der Waals surface area contributed by atoms with E-state index >= 15 is 0 Å². The highest BCUT2D eigenvalue weighted by molar-refractivity contribution is 14.0. The Labute approximate surface area is 208 Å². The van der Waals surface area contributed by atoms with Crippen LogP contribution in [0.4, 0.5) is 5.69 Å². The zero-order chi connectivity index (χ0) is 22.3. The van der Waals surface area contributed by atoms with Crippen LogP contribution in [-0.2, 0) is 9.84 Å². The molecule has 7 nitrogen and oxygen atoms in total. The second-order valence-electron chi connectivity index (χ2n) is 7.56.